The lowest BCUT2D eigenvalue weighted by molar-refractivity contribution is -0.305. The zero-order valence-corrected chi connectivity index (χ0v) is 25.1. The average Bonchev–Trinajstić information content (AvgIpc) is 2.97. The lowest BCUT2D eigenvalue weighted by Gasteiger charge is -2.45. The maximum absolute atomic E-state index is 12.3. The topological polar surface area (TPSA) is 96.3 Å². The summed E-state index contributed by atoms with van der Waals surface area (Å²) in [7, 11) is 0. The van der Waals surface area contributed by atoms with Gasteiger partial charge in [0.05, 0.1) is 26.4 Å². The first kappa shape index (κ1) is 32.2. The summed E-state index contributed by atoms with van der Waals surface area (Å²) in [6, 6.07) is 28.8. The summed E-state index contributed by atoms with van der Waals surface area (Å²) in [6.07, 6.45) is -5.01. The zero-order valence-electron chi connectivity index (χ0n) is 22.9. The van der Waals surface area contributed by atoms with Gasteiger partial charge in [0.25, 0.3) is 3.79 Å². The van der Waals surface area contributed by atoms with Gasteiger partial charge in [-0.3, -0.25) is 10.2 Å². The lowest BCUT2D eigenvalue weighted by Crippen LogP contribution is -2.62. The van der Waals surface area contributed by atoms with E-state index in [0.29, 0.717) is 6.61 Å². The Kier molecular flexibility index (Phi) is 12.0. The van der Waals surface area contributed by atoms with E-state index in [1.54, 1.807) is 0 Å². The van der Waals surface area contributed by atoms with Crippen LogP contribution in [-0.4, -0.2) is 53.0 Å². The number of esters is 1. The van der Waals surface area contributed by atoms with Gasteiger partial charge in [-0.1, -0.05) is 126 Å². The van der Waals surface area contributed by atoms with E-state index in [9.17, 15) is 4.79 Å². The van der Waals surface area contributed by atoms with Gasteiger partial charge in [-0.2, -0.15) is 0 Å². The smallest absolute Gasteiger partial charge is 0.303 e. The van der Waals surface area contributed by atoms with E-state index in [-0.39, 0.29) is 19.8 Å². The van der Waals surface area contributed by atoms with Crippen molar-refractivity contribution in [3.63, 3.8) is 0 Å². The quantitative estimate of drug-likeness (QED) is 0.106. The number of hydrogen-bond donors (Lipinski definition) is 1. The number of carbonyl (C=O) groups excluding carboxylic acids is 1. The molecule has 1 aliphatic rings. The number of ether oxygens (including phenoxy) is 6. The Balaban J connectivity index is 1.64. The second-order valence-electron chi connectivity index (χ2n) is 9.58. The lowest BCUT2D eigenvalue weighted by atomic mass is 9.98. The van der Waals surface area contributed by atoms with Crippen molar-refractivity contribution >= 4 is 46.7 Å². The van der Waals surface area contributed by atoms with Crippen LogP contribution in [0.2, 0.25) is 0 Å². The number of alkyl halides is 3. The third-order valence-electron chi connectivity index (χ3n) is 6.35. The standard InChI is InChI=1S/C31H32Cl3NO7/c1-21(36)40-28-27(39-19-24-15-9-4-10-16-24)26(38-18-23-13-7-3-8-14-23)25(20-37-17-22-11-5-2-6-12-22)41-29(28)42-30(35)31(32,33)34/h2-16,25-29,35H,17-20H2,1H3/t25?,26-,27-,28?,29?/m1/s1. The normalized spacial score (nSPS) is 22.3. The Labute approximate surface area is 260 Å². The molecule has 0 bridgehead atoms. The Morgan fingerprint density at radius 2 is 1.21 bits per heavy atom. The molecule has 3 aromatic carbocycles. The van der Waals surface area contributed by atoms with E-state index in [0.717, 1.165) is 16.7 Å². The van der Waals surface area contributed by atoms with Gasteiger partial charge in [0.2, 0.25) is 12.2 Å². The summed E-state index contributed by atoms with van der Waals surface area (Å²) in [5.41, 5.74) is 2.77. The van der Waals surface area contributed by atoms with Crippen molar-refractivity contribution in [3.05, 3.63) is 108 Å². The summed E-state index contributed by atoms with van der Waals surface area (Å²) < 4.78 is 34.2. The van der Waals surface area contributed by atoms with Crippen LogP contribution in [-0.2, 0) is 53.0 Å². The second kappa shape index (κ2) is 15.7. The van der Waals surface area contributed by atoms with Crippen LogP contribution in [0, 0.1) is 5.41 Å². The molecule has 11 heteroatoms. The van der Waals surface area contributed by atoms with Crippen LogP contribution in [0.5, 0.6) is 0 Å². The fourth-order valence-electron chi connectivity index (χ4n) is 4.40. The van der Waals surface area contributed by atoms with Crippen molar-refractivity contribution in [3.8, 4) is 0 Å². The third kappa shape index (κ3) is 9.67. The van der Waals surface area contributed by atoms with Gasteiger partial charge in [-0.25, -0.2) is 0 Å². The second-order valence-corrected chi connectivity index (χ2v) is 11.9. The predicted molar refractivity (Wildman–Crippen MR) is 159 cm³/mol. The van der Waals surface area contributed by atoms with Crippen LogP contribution >= 0.6 is 34.8 Å². The third-order valence-corrected chi connectivity index (χ3v) is 6.86. The fraction of sp³-hybridized carbons (Fsp3) is 0.355. The zero-order chi connectivity index (χ0) is 30.0. The Bertz CT molecular complexity index is 1260. The first-order valence-corrected chi connectivity index (χ1v) is 14.4. The molecule has 42 heavy (non-hydrogen) atoms. The minimum atomic E-state index is -2.18. The first-order chi connectivity index (χ1) is 20.2. The number of rotatable bonds is 12. The molecule has 8 nitrogen and oxygen atoms in total. The molecule has 1 N–H and O–H groups in total. The van der Waals surface area contributed by atoms with E-state index in [2.05, 4.69) is 0 Å². The first-order valence-electron chi connectivity index (χ1n) is 13.3. The van der Waals surface area contributed by atoms with E-state index < -0.39 is 46.4 Å². The van der Waals surface area contributed by atoms with Crippen molar-refractivity contribution in [2.24, 2.45) is 0 Å². The summed E-state index contributed by atoms with van der Waals surface area (Å²) in [6.45, 7) is 2.01. The summed E-state index contributed by atoms with van der Waals surface area (Å²) in [4.78, 5) is 12.3. The SMILES string of the molecule is CC(=O)OC1C(OC(=N)C(Cl)(Cl)Cl)OC(COCc2ccccc2)[C@@H](OCc2ccccc2)[C@H]1OCc1ccccc1. The van der Waals surface area contributed by atoms with Gasteiger partial charge in [0, 0.05) is 6.92 Å². The van der Waals surface area contributed by atoms with E-state index in [4.69, 9.17) is 68.6 Å². The van der Waals surface area contributed by atoms with Gasteiger partial charge in [-0.05, 0) is 16.7 Å². The molecule has 5 atom stereocenters. The van der Waals surface area contributed by atoms with Crippen molar-refractivity contribution in [1.29, 1.82) is 5.41 Å². The summed E-state index contributed by atoms with van der Waals surface area (Å²) in [5, 5.41) is 8.17. The molecular weight excluding hydrogens is 605 g/mol. The number of benzene rings is 3. The maximum atomic E-state index is 12.3. The van der Waals surface area contributed by atoms with Gasteiger partial charge in [-0.15, -0.1) is 0 Å². The molecule has 1 aliphatic heterocycles. The van der Waals surface area contributed by atoms with Crippen molar-refractivity contribution in [2.75, 3.05) is 6.61 Å². The predicted octanol–water partition coefficient (Wildman–Crippen LogP) is 6.39. The molecule has 1 saturated heterocycles. The Morgan fingerprint density at radius 1 is 0.738 bits per heavy atom. The molecule has 224 valence electrons. The van der Waals surface area contributed by atoms with Crippen LogP contribution in [0.1, 0.15) is 23.6 Å². The van der Waals surface area contributed by atoms with E-state index in [1.165, 1.54) is 6.92 Å². The largest absolute Gasteiger partial charge is 0.453 e. The highest BCUT2D eigenvalue weighted by Gasteiger charge is 2.52. The van der Waals surface area contributed by atoms with Crippen LogP contribution < -0.4 is 0 Å². The van der Waals surface area contributed by atoms with Gasteiger partial charge in [0.15, 0.2) is 6.10 Å². The van der Waals surface area contributed by atoms with Crippen molar-refractivity contribution in [1.82, 2.24) is 0 Å². The molecular formula is C31H32Cl3NO7. The monoisotopic (exact) mass is 635 g/mol. The molecule has 4 rings (SSSR count). The van der Waals surface area contributed by atoms with Crippen molar-refractivity contribution in [2.45, 2.75) is 61.2 Å². The number of halogens is 3. The molecule has 1 heterocycles. The molecule has 0 saturated carbocycles. The highest BCUT2D eigenvalue weighted by atomic mass is 35.6. The van der Waals surface area contributed by atoms with Crippen LogP contribution in [0.15, 0.2) is 91.0 Å². The summed E-state index contributed by atoms with van der Waals surface area (Å²) in [5.74, 6) is -1.32. The Hall–Kier alpha value is -2.69. The van der Waals surface area contributed by atoms with Crippen LogP contribution in [0.25, 0.3) is 0 Å². The van der Waals surface area contributed by atoms with Gasteiger partial charge < -0.3 is 28.4 Å². The number of carbonyl (C=O) groups is 1. The minimum Gasteiger partial charge on any atom is -0.453 e. The average molecular weight is 637 g/mol. The van der Waals surface area contributed by atoms with Crippen LogP contribution in [0.4, 0.5) is 0 Å². The molecule has 0 spiro atoms. The van der Waals surface area contributed by atoms with E-state index >= 15 is 0 Å². The molecule has 0 radical (unpaired) electrons. The van der Waals surface area contributed by atoms with Crippen LogP contribution in [0.3, 0.4) is 0 Å². The molecule has 0 amide bonds. The summed E-state index contributed by atoms with van der Waals surface area (Å²) >= 11 is 17.7. The van der Waals surface area contributed by atoms with Crippen molar-refractivity contribution < 1.29 is 33.2 Å². The molecule has 3 unspecified atom stereocenters. The highest BCUT2D eigenvalue weighted by Crippen LogP contribution is 2.34. The van der Waals surface area contributed by atoms with Gasteiger partial charge in [0.1, 0.15) is 18.3 Å². The minimum absolute atomic E-state index is 0.0628. The highest BCUT2D eigenvalue weighted by molar-refractivity contribution is 6.76. The molecule has 0 aliphatic carbocycles. The Morgan fingerprint density at radius 3 is 1.69 bits per heavy atom. The van der Waals surface area contributed by atoms with Gasteiger partial charge >= 0.3 is 5.97 Å². The molecule has 0 aromatic heterocycles. The molecule has 1 fully saturated rings. The van der Waals surface area contributed by atoms with E-state index in [1.807, 2.05) is 91.0 Å². The number of hydrogen-bond acceptors (Lipinski definition) is 8. The fourth-order valence-corrected chi connectivity index (χ4v) is 4.53. The number of nitrogens with one attached hydrogen (secondary N) is 1. The maximum Gasteiger partial charge on any atom is 0.303 e. The molecule has 3 aromatic rings.